The van der Waals surface area contributed by atoms with E-state index in [1.165, 1.54) is 22.2 Å². The van der Waals surface area contributed by atoms with Crippen LogP contribution in [0.4, 0.5) is 0 Å². The fourth-order valence-corrected chi connectivity index (χ4v) is 5.69. The number of piperidine rings is 2. The van der Waals surface area contributed by atoms with Crippen molar-refractivity contribution in [3.05, 3.63) is 70.9 Å². The molecule has 6 nitrogen and oxygen atoms in total. The molecule has 0 bridgehead atoms. The van der Waals surface area contributed by atoms with Crippen LogP contribution in [0.1, 0.15) is 36.9 Å². The highest BCUT2D eigenvalue weighted by molar-refractivity contribution is 6.30. The van der Waals surface area contributed by atoms with Crippen molar-refractivity contribution in [1.82, 2.24) is 14.4 Å². The van der Waals surface area contributed by atoms with Gasteiger partial charge in [0.25, 0.3) is 0 Å². The Balaban J connectivity index is 1.22. The predicted octanol–water partition coefficient (Wildman–Crippen LogP) is 4.28. The normalized spacial score (nSPS) is 18.3. The average molecular weight is 493 g/mol. The number of halogens is 1. The Morgan fingerprint density at radius 1 is 0.857 bits per heavy atom. The van der Waals surface area contributed by atoms with Gasteiger partial charge in [-0.3, -0.25) is 14.5 Å². The molecule has 0 radical (unpaired) electrons. The van der Waals surface area contributed by atoms with Crippen LogP contribution in [0.3, 0.4) is 0 Å². The van der Waals surface area contributed by atoms with Gasteiger partial charge in [0.15, 0.2) is 0 Å². The second kappa shape index (κ2) is 10.4. The average Bonchev–Trinajstić information content (AvgIpc) is 3.22. The Morgan fingerprint density at radius 2 is 1.51 bits per heavy atom. The first-order chi connectivity index (χ1) is 17.0. The Hall–Kier alpha value is -2.83. The van der Waals surface area contributed by atoms with E-state index in [-0.39, 0.29) is 23.7 Å². The summed E-state index contributed by atoms with van der Waals surface area (Å²) in [6.07, 6.45) is 3.15. The molecular formula is C28H33ClN4O2. The van der Waals surface area contributed by atoms with Crippen molar-refractivity contribution in [1.29, 1.82) is 0 Å². The molecular weight excluding hydrogens is 460 g/mol. The zero-order valence-electron chi connectivity index (χ0n) is 20.0. The van der Waals surface area contributed by atoms with E-state index in [1.807, 2.05) is 17.0 Å². The highest BCUT2D eigenvalue weighted by Gasteiger charge is 2.32. The fourth-order valence-electron chi connectivity index (χ4n) is 5.57. The third-order valence-electron chi connectivity index (χ3n) is 7.68. The maximum Gasteiger partial charge on any atom is 0.225 e. The van der Waals surface area contributed by atoms with Crippen LogP contribution in [0, 0.1) is 11.8 Å². The number of hydrogen-bond acceptors (Lipinski definition) is 3. The lowest BCUT2D eigenvalue weighted by atomic mass is 9.92. The van der Waals surface area contributed by atoms with Crippen molar-refractivity contribution in [2.45, 2.75) is 38.8 Å². The van der Waals surface area contributed by atoms with Crippen LogP contribution in [0.5, 0.6) is 0 Å². The number of carbonyl (C=O) groups excluding carboxylic acids is 2. The number of carbonyl (C=O) groups is 2. The predicted molar refractivity (Wildman–Crippen MR) is 139 cm³/mol. The Bertz CT molecular complexity index is 1190. The van der Waals surface area contributed by atoms with Gasteiger partial charge in [-0.05, 0) is 74.0 Å². The summed E-state index contributed by atoms with van der Waals surface area (Å²) in [5.74, 6) is 0.0140. The maximum absolute atomic E-state index is 13.1. The second-order valence-electron chi connectivity index (χ2n) is 9.96. The maximum atomic E-state index is 13.1. The lowest BCUT2D eigenvalue weighted by molar-refractivity contribution is -0.140. The van der Waals surface area contributed by atoms with Gasteiger partial charge in [-0.15, -0.1) is 0 Å². The van der Waals surface area contributed by atoms with Crippen molar-refractivity contribution in [2.75, 3.05) is 26.2 Å². The van der Waals surface area contributed by atoms with E-state index in [1.54, 1.807) is 0 Å². The summed E-state index contributed by atoms with van der Waals surface area (Å²) in [5.41, 5.74) is 9.19. The third-order valence-corrected chi connectivity index (χ3v) is 7.93. The molecule has 0 atom stereocenters. The molecule has 2 aliphatic heterocycles. The number of amides is 2. The van der Waals surface area contributed by atoms with Crippen LogP contribution >= 0.6 is 11.6 Å². The molecule has 1 aromatic heterocycles. The minimum Gasteiger partial charge on any atom is -0.369 e. The monoisotopic (exact) mass is 492 g/mol. The molecule has 5 rings (SSSR count). The van der Waals surface area contributed by atoms with E-state index < -0.39 is 0 Å². The number of likely N-dealkylation sites (tertiary alicyclic amines) is 2. The highest BCUT2D eigenvalue weighted by Crippen LogP contribution is 2.27. The fraction of sp³-hybridized carbons (Fsp3) is 0.429. The lowest BCUT2D eigenvalue weighted by Gasteiger charge is -2.36. The number of aromatic nitrogens is 1. The molecule has 3 heterocycles. The summed E-state index contributed by atoms with van der Waals surface area (Å²) >= 11 is 6.09. The van der Waals surface area contributed by atoms with Crippen LogP contribution in [-0.2, 0) is 22.7 Å². The Kier molecular flexibility index (Phi) is 7.12. The van der Waals surface area contributed by atoms with Crippen molar-refractivity contribution < 1.29 is 9.59 Å². The summed E-state index contributed by atoms with van der Waals surface area (Å²) in [7, 11) is 0. The molecule has 3 aromatic rings. The van der Waals surface area contributed by atoms with Crippen molar-refractivity contribution in [3.63, 3.8) is 0 Å². The topological polar surface area (TPSA) is 71.6 Å². The van der Waals surface area contributed by atoms with Gasteiger partial charge in [0.2, 0.25) is 11.8 Å². The van der Waals surface area contributed by atoms with Gasteiger partial charge >= 0.3 is 0 Å². The number of nitrogens with zero attached hydrogens (tertiary/aromatic N) is 3. The summed E-state index contributed by atoms with van der Waals surface area (Å²) in [4.78, 5) is 28.9. The van der Waals surface area contributed by atoms with Crippen LogP contribution in [0.25, 0.3) is 10.9 Å². The van der Waals surface area contributed by atoms with E-state index in [9.17, 15) is 9.59 Å². The number of benzene rings is 2. The molecule has 2 saturated heterocycles. The molecule has 0 unspecified atom stereocenters. The number of hydrogen-bond donors (Lipinski definition) is 1. The first kappa shape index (κ1) is 23.9. The smallest absolute Gasteiger partial charge is 0.225 e. The van der Waals surface area contributed by atoms with E-state index >= 15 is 0 Å². The molecule has 2 aliphatic rings. The van der Waals surface area contributed by atoms with Crippen LogP contribution < -0.4 is 5.73 Å². The highest BCUT2D eigenvalue weighted by atomic mass is 35.5. The first-order valence-electron chi connectivity index (χ1n) is 12.6. The minimum atomic E-state index is -0.237. The van der Waals surface area contributed by atoms with Crippen molar-refractivity contribution in [3.8, 4) is 0 Å². The van der Waals surface area contributed by atoms with Gasteiger partial charge in [-0.2, -0.15) is 0 Å². The zero-order chi connectivity index (χ0) is 24.4. The molecule has 2 fully saturated rings. The van der Waals surface area contributed by atoms with E-state index in [2.05, 4.69) is 51.9 Å². The van der Waals surface area contributed by atoms with Gasteiger partial charge in [0, 0.05) is 54.2 Å². The molecule has 0 aliphatic carbocycles. The third kappa shape index (κ3) is 5.39. The van der Waals surface area contributed by atoms with Crippen LogP contribution in [0.15, 0.2) is 54.6 Å². The number of primary amides is 1. The van der Waals surface area contributed by atoms with E-state index in [4.69, 9.17) is 17.3 Å². The van der Waals surface area contributed by atoms with Crippen LogP contribution in [-0.4, -0.2) is 52.4 Å². The lowest BCUT2D eigenvalue weighted by Crippen LogP contribution is -2.46. The standard InChI is InChI=1S/C28H33ClN4O2/c29-24-7-5-20(6-8-24)18-33-25(17-23-3-1-2-4-26(23)33)19-31-13-9-22(10-14-31)28(35)32-15-11-21(12-16-32)27(30)34/h1-8,17,21-22H,9-16,18-19H2,(H2,30,34). The number of nitrogens with two attached hydrogens (primary N) is 1. The molecule has 0 saturated carbocycles. The van der Waals surface area contributed by atoms with Crippen LogP contribution in [0.2, 0.25) is 5.02 Å². The molecule has 0 spiro atoms. The number of para-hydroxylation sites is 1. The Labute approximate surface area is 211 Å². The second-order valence-corrected chi connectivity index (χ2v) is 10.4. The van der Waals surface area contributed by atoms with E-state index in [0.717, 1.165) is 44.0 Å². The molecule has 35 heavy (non-hydrogen) atoms. The quantitative estimate of drug-likeness (QED) is 0.558. The SMILES string of the molecule is NC(=O)C1CCN(C(=O)C2CCN(Cc3cc4ccccc4n3Cc3ccc(Cl)cc3)CC2)CC1. The van der Waals surface area contributed by atoms with E-state index in [0.29, 0.717) is 25.9 Å². The van der Waals surface area contributed by atoms with Gasteiger partial charge in [0.1, 0.15) is 0 Å². The molecule has 2 N–H and O–H groups in total. The first-order valence-corrected chi connectivity index (χ1v) is 13.0. The largest absolute Gasteiger partial charge is 0.369 e. The van der Waals surface area contributed by atoms with Gasteiger partial charge < -0.3 is 15.2 Å². The van der Waals surface area contributed by atoms with Crippen molar-refractivity contribution in [2.24, 2.45) is 17.6 Å². The Morgan fingerprint density at radius 3 is 2.20 bits per heavy atom. The van der Waals surface area contributed by atoms with Crippen molar-refractivity contribution >= 4 is 34.3 Å². The van der Waals surface area contributed by atoms with Gasteiger partial charge in [-0.1, -0.05) is 41.9 Å². The molecule has 2 amide bonds. The summed E-state index contributed by atoms with van der Waals surface area (Å²) in [6, 6.07) is 18.9. The summed E-state index contributed by atoms with van der Waals surface area (Å²) < 4.78 is 2.40. The number of fused-ring (bicyclic) bond motifs is 1. The number of rotatable bonds is 6. The summed E-state index contributed by atoms with van der Waals surface area (Å²) in [6.45, 7) is 4.80. The van der Waals surface area contributed by atoms with Gasteiger partial charge in [0.05, 0.1) is 0 Å². The molecule has 2 aromatic carbocycles. The molecule has 7 heteroatoms. The minimum absolute atomic E-state index is 0.0799. The van der Waals surface area contributed by atoms with Gasteiger partial charge in [-0.25, -0.2) is 0 Å². The summed E-state index contributed by atoms with van der Waals surface area (Å²) in [5, 5.41) is 2.00. The molecule has 184 valence electrons. The zero-order valence-corrected chi connectivity index (χ0v) is 20.8.